The molecule has 1 aromatic heterocycles. The summed E-state index contributed by atoms with van der Waals surface area (Å²) in [5, 5.41) is 4.10. The van der Waals surface area contributed by atoms with Crippen LogP contribution < -0.4 is 0 Å². The van der Waals surface area contributed by atoms with Gasteiger partial charge in [-0.15, -0.1) is 0 Å². The Kier molecular flexibility index (Phi) is 4.33. The molecular weight excluding hydrogens is 307 g/mol. The summed E-state index contributed by atoms with van der Waals surface area (Å²) in [5.41, 5.74) is 1.16. The molecule has 128 valence electrons. The van der Waals surface area contributed by atoms with Gasteiger partial charge in [-0.25, -0.2) is 4.39 Å². The van der Waals surface area contributed by atoms with E-state index in [1.54, 1.807) is 0 Å². The van der Waals surface area contributed by atoms with Crippen LogP contribution in [0.4, 0.5) is 4.39 Å². The van der Waals surface area contributed by atoms with Gasteiger partial charge in [0.1, 0.15) is 5.82 Å². The summed E-state index contributed by atoms with van der Waals surface area (Å²) in [6.45, 7) is 6.90. The third kappa shape index (κ3) is 3.49. The van der Waals surface area contributed by atoms with Crippen LogP contribution in [-0.2, 0) is 6.54 Å². The van der Waals surface area contributed by atoms with Crippen LogP contribution in [-0.4, -0.2) is 46.1 Å². The summed E-state index contributed by atoms with van der Waals surface area (Å²) in [6.07, 6.45) is 2.36. The lowest BCUT2D eigenvalue weighted by atomic mass is 10.1. The molecule has 0 spiro atoms. The van der Waals surface area contributed by atoms with E-state index in [-0.39, 0.29) is 5.82 Å². The number of nitrogens with zero attached hydrogens (tertiary/aromatic N) is 4. The van der Waals surface area contributed by atoms with Gasteiger partial charge in [0.25, 0.3) is 0 Å². The second-order valence-electron chi connectivity index (χ2n) is 6.86. The highest BCUT2D eigenvalue weighted by molar-refractivity contribution is 5.19. The predicted molar refractivity (Wildman–Crippen MR) is 87.9 cm³/mol. The van der Waals surface area contributed by atoms with Gasteiger partial charge >= 0.3 is 0 Å². The van der Waals surface area contributed by atoms with Gasteiger partial charge in [0.2, 0.25) is 5.89 Å². The Hall–Kier alpha value is -1.79. The quantitative estimate of drug-likeness (QED) is 0.843. The predicted octanol–water partition coefficient (Wildman–Crippen LogP) is 2.96. The molecule has 0 N–H and O–H groups in total. The van der Waals surface area contributed by atoms with Crippen molar-refractivity contribution in [1.82, 2.24) is 19.9 Å². The molecule has 6 heteroatoms. The van der Waals surface area contributed by atoms with E-state index in [1.165, 1.54) is 25.0 Å². The number of rotatable bonds is 5. The Morgan fingerprint density at radius 1 is 1.17 bits per heavy atom. The van der Waals surface area contributed by atoms with Gasteiger partial charge in [-0.2, -0.15) is 4.98 Å². The van der Waals surface area contributed by atoms with E-state index in [0.717, 1.165) is 50.0 Å². The first-order valence-electron chi connectivity index (χ1n) is 8.73. The lowest BCUT2D eigenvalue weighted by molar-refractivity contribution is 0.0956. The summed E-state index contributed by atoms with van der Waals surface area (Å²) in [6, 6.07) is 7.14. The first-order valence-corrected chi connectivity index (χ1v) is 8.73. The molecule has 1 aliphatic heterocycles. The van der Waals surface area contributed by atoms with Crippen LogP contribution >= 0.6 is 0 Å². The molecule has 24 heavy (non-hydrogen) atoms. The maximum absolute atomic E-state index is 13.1. The van der Waals surface area contributed by atoms with Crippen LogP contribution in [0.5, 0.6) is 0 Å². The van der Waals surface area contributed by atoms with E-state index >= 15 is 0 Å². The van der Waals surface area contributed by atoms with Crippen LogP contribution in [0.3, 0.4) is 0 Å². The van der Waals surface area contributed by atoms with Crippen molar-refractivity contribution in [2.45, 2.75) is 38.3 Å². The number of aromatic nitrogens is 2. The Morgan fingerprint density at radius 2 is 1.88 bits per heavy atom. The van der Waals surface area contributed by atoms with Gasteiger partial charge in [-0.1, -0.05) is 17.3 Å². The Morgan fingerprint density at radius 3 is 2.54 bits per heavy atom. The van der Waals surface area contributed by atoms with E-state index < -0.39 is 0 Å². The summed E-state index contributed by atoms with van der Waals surface area (Å²) < 4.78 is 18.4. The van der Waals surface area contributed by atoms with Crippen molar-refractivity contribution in [3.63, 3.8) is 0 Å². The van der Waals surface area contributed by atoms with Gasteiger partial charge < -0.3 is 4.52 Å². The van der Waals surface area contributed by atoms with E-state index in [0.29, 0.717) is 12.0 Å². The SMILES string of the molecule is C[C@H](c1ccc(F)cc1)N1CCN(Cc2noc(C3CC3)n2)CC1. The van der Waals surface area contributed by atoms with Crippen molar-refractivity contribution in [1.29, 1.82) is 0 Å². The Labute approximate surface area is 141 Å². The third-order valence-electron chi connectivity index (χ3n) is 5.08. The molecular formula is C18H23FN4O. The molecule has 1 atom stereocenters. The fraction of sp³-hybridized carbons (Fsp3) is 0.556. The van der Waals surface area contributed by atoms with Crippen molar-refractivity contribution < 1.29 is 8.91 Å². The van der Waals surface area contributed by atoms with Crippen molar-refractivity contribution in [2.24, 2.45) is 0 Å². The van der Waals surface area contributed by atoms with Crippen LogP contribution in [0.15, 0.2) is 28.8 Å². The first-order chi connectivity index (χ1) is 11.7. The first kappa shape index (κ1) is 15.7. The number of hydrogen-bond acceptors (Lipinski definition) is 5. The molecule has 1 saturated carbocycles. The van der Waals surface area contributed by atoms with E-state index in [2.05, 4.69) is 26.9 Å². The zero-order valence-corrected chi connectivity index (χ0v) is 14.0. The lowest BCUT2D eigenvalue weighted by Crippen LogP contribution is -2.46. The smallest absolute Gasteiger partial charge is 0.229 e. The van der Waals surface area contributed by atoms with Crippen LogP contribution in [0.1, 0.15) is 49.0 Å². The average Bonchev–Trinajstić information content (AvgIpc) is 3.36. The van der Waals surface area contributed by atoms with E-state index in [9.17, 15) is 4.39 Å². The molecule has 2 aliphatic rings. The fourth-order valence-corrected chi connectivity index (χ4v) is 3.29. The molecule has 2 heterocycles. The molecule has 5 nitrogen and oxygen atoms in total. The zero-order valence-electron chi connectivity index (χ0n) is 14.0. The molecule has 0 amide bonds. The van der Waals surface area contributed by atoms with Gasteiger partial charge in [0.15, 0.2) is 5.82 Å². The molecule has 0 bridgehead atoms. The summed E-state index contributed by atoms with van der Waals surface area (Å²) in [7, 11) is 0. The molecule has 2 fully saturated rings. The minimum Gasteiger partial charge on any atom is -0.339 e. The summed E-state index contributed by atoms with van der Waals surface area (Å²) in [5.74, 6) is 1.95. The fourth-order valence-electron chi connectivity index (χ4n) is 3.29. The lowest BCUT2D eigenvalue weighted by Gasteiger charge is -2.37. The zero-order chi connectivity index (χ0) is 16.5. The molecule has 0 radical (unpaired) electrons. The summed E-state index contributed by atoms with van der Waals surface area (Å²) >= 11 is 0. The van der Waals surface area contributed by atoms with Crippen LogP contribution in [0, 0.1) is 5.82 Å². The second-order valence-corrected chi connectivity index (χ2v) is 6.86. The molecule has 0 unspecified atom stereocenters. The minimum atomic E-state index is -0.179. The van der Waals surface area contributed by atoms with Gasteiger partial charge in [-0.3, -0.25) is 9.80 Å². The highest BCUT2D eigenvalue weighted by atomic mass is 19.1. The topological polar surface area (TPSA) is 45.4 Å². The van der Waals surface area contributed by atoms with Crippen molar-refractivity contribution in [2.75, 3.05) is 26.2 Å². The number of hydrogen-bond donors (Lipinski definition) is 0. The van der Waals surface area contributed by atoms with Gasteiger partial charge in [0, 0.05) is 38.1 Å². The van der Waals surface area contributed by atoms with Crippen molar-refractivity contribution in [3.8, 4) is 0 Å². The molecule has 2 aromatic rings. The monoisotopic (exact) mass is 330 g/mol. The number of benzene rings is 1. The largest absolute Gasteiger partial charge is 0.339 e. The standard InChI is InChI=1S/C18H23FN4O/c1-13(14-4-6-16(19)7-5-14)23-10-8-22(9-11-23)12-17-20-18(24-21-17)15-2-3-15/h4-7,13,15H,2-3,8-12H2,1H3/t13-/m1/s1. The van der Waals surface area contributed by atoms with Crippen LogP contribution in [0.25, 0.3) is 0 Å². The molecule has 1 aliphatic carbocycles. The summed E-state index contributed by atoms with van der Waals surface area (Å²) in [4.78, 5) is 9.32. The maximum atomic E-state index is 13.1. The molecule has 1 saturated heterocycles. The van der Waals surface area contributed by atoms with Crippen molar-refractivity contribution >= 4 is 0 Å². The van der Waals surface area contributed by atoms with Crippen LogP contribution in [0.2, 0.25) is 0 Å². The second kappa shape index (κ2) is 6.61. The highest BCUT2D eigenvalue weighted by Crippen LogP contribution is 2.38. The molecule has 1 aromatic carbocycles. The third-order valence-corrected chi connectivity index (χ3v) is 5.08. The van der Waals surface area contributed by atoms with E-state index in [4.69, 9.17) is 4.52 Å². The normalized spacial score (nSPS) is 21.1. The highest BCUT2D eigenvalue weighted by Gasteiger charge is 2.30. The maximum Gasteiger partial charge on any atom is 0.229 e. The molecule has 4 rings (SSSR count). The van der Waals surface area contributed by atoms with Gasteiger partial charge in [-0.05, 0) is 37.5 Å². The van der Waals surface area contributed by atoms with Crippen molar-refractivity contribution in [3.05, 3.63) is 47.4 Å². The minimum absolute atomic E-state index is 0.179. The average molecular weight is 330 g/mol. The Bertz CT molecular complexity index is 675. The van der Waals surface area contributed by atoms with E-state index in [1.807, 2.05) is 12.1 Å². The number of halogens is 1. The van der Waals surface area contributed by atoms with Gasteiger partial charge in [0.05, 0.1) is 6.54 Å². The number of piperazine rings is 1. The Balaban J connectivity index is 1.30.